The number of hydrogen-bond acceptors (Lipinski definition) is 3. The number of nitrogens with zero attached hydrogens (tertiary/aromatic N) is 1. The molecule has 2 saturated heterocycles. The van der Waals surface area contributed by atoms with E-state index in [1.165, 1.54) is 6.42 Å². The summed E-state index contributed by atoms with van der Waals surface area (Å²) in [6.45, 7) is 7.07. The van der Waals surface area contributed by atoms with E-state index in [1.807, 2.05) is 18.7 Å². The van der Waals surface area contributed by atoms with Gasteiger partial charge in [-0.05, 0) is 39.2 Å². The largest absolute Gasteiger partial charge is 0.369 e. The first-order chi connectivity index (χ1) is 7.66. The molecule has 2 heterocycles. The highest BCUT2D eigenvalue weighted by Crippen LogP contribution is 2.24. The Morgan fingerprint density at radius 2 is 2.24 bits per heavy atom. The number of halogens is 1. The highest BCUT2D eigenvalue weighted by atomic mass is 35.5. The average molecular weight is 263 g/mol. The van der Waals surface area contributed by atoms with Gasteiger partial charge in [0.1, 0.15) is 6.61 Å². The third-order valence-electron chi connectivity index (χ3n) is 3.55. The van der Waals surface area contributed by atoms with Gasteiger partial charge in [-0.15, -0.1) is 12.4 Å². The molecule has 0 saturated carbocycles. The first-order valence-electron chi connectivity index (χ1n) is 6.29. The van der Waals surface area contributed by atoms with Crippen molar-refractivity contribution < 1.29 is 9.53 Å². The molecule has 0 aliphatic carbocycles. The number of carbonyl (C=O) groups excluding carboxylic acids is 1. The van der Waals surface area contributed by atoms with Crippen molar-refractivity contribution in [1.29, 1.82) is 0 Å². The molecule has 0 aromatic carbocycles. The zero-order chi connectivity index (χ0) is 11.5. The minimum Gasteiger partial charge on any atom is -0.369 e. The summed E-state index contributed by atoms with van der Waals surface area (Å²) in [7, 11) is 0. The highest BCUT2D eigenvalue weighted by molar-refractivity contribution is 5.85. The average Bonchev–Trinajstić information content (AvgIpc) is 2.72. The van der Waals surface area contributed by atoms with Crippen LogP contribution in [0.3, 0.4) is 0 Å². The number of ether oxygens (including phenoxy) is 1. The van der Waals surface area contributed by atoms with E-state index in [0.717, 1.165) is 26.1 Å². The smallest absolute Gasteiger partial charge is 0.248 e. The molecule has 17 heavy (non-hydrogen) atoms. The Kier molecular flexibility index (Phi) is 5.70. The molecule has 2 aliphatic heterocycles. The van der Waals surface area contributed by atoms with Gasteiger partial charge in [0.25, 0.3) is 0 Å². The van der Waals surface area contributed by atoms with Crippen molar-refractivity contribution in [3.63, 3.8) is 0 Å². The molecule has 0 bridgehead atoms. The monoisotopic (exact) mass is 262 g/mol. The van der Waals surface area contributed by atoms with Crippen molar-refractivity contribution >= 4 is 18.3 Å². The number of carbonyl (C=O) groups is 1. The van der Waals surface area contributed by atoms with Gasteiger partial charge >= 0.3 is 0 Å². The molecule has 2 fully saturated rings. The topological polar surface area (TPSA) is 41.6 Å². The summed E-state index contributed by atoms with van der Waals surface area (Å²) in [5, 5.41) is 3.50. The fourth-order valence-corrected chi connectivity index (χ4v) is 2.60. The van der Waals surface area contributed by atoms with Crippen molar-refractivity contribution in [2.24, 2.45) is 5.92 Å². The molecule has 0 aromatic heterocycles. The van der Waals surface area contributed by atoms with Gasteiger partial charge < -0.3 is 15.0 Å². The standard InChI is InChI=1S/C12H22N2O2.ClH/c1-9(2)16-8-12(15)14-6-4-11-10(7-14)3-5-13-11;/h9-11,13H,3-8H2,1-2H3;1H. The highest BCUT2D eigenvalue weighted by Gasteiger charge is 2.34. The molecule has 0 radical (unpaired) electrons. The molecule has 2 aliphatic rings. The van der Waals surface area contributed by atoms with E-state index in [4.69, 9.17) is 4.74 Å². The number of likely N-dealkylation sites (tertiary alicyclic amines) is 1. The molecular weight excluding hydrogens is 240 g/mol. The maximum Gasteiger partial charge on any atom is 0.248 e. The van der Waals surface area contributed by atoms with Crippen LogP contribution in [0, 0.1) is 5.92 Å². The zero-order valence-corrected chi connectivity index (χ0v) is 11.5. The minimum atomic E-state index is 0. The predicted molar refractivity (Wildman–Crippen MR) is 69.4 cm³/mol. The molecule has 5 heteroatoms. The fourth-order valence-electron chi connectivity index (χ4n) is 2.60. The van der Waals surface area contributed by atoms with Crippen LogP contribution in [-0.2, 0) is 9.53 Å². The number of hydrogen-bond donors (Lipinski definition) is 1. The van der Waals surface area contributed by atoms with Crippen molar-refractivity contribution in [3.8, 4) is 0 Å². The number of amides is 1. The van der Waals surface area contributed by atoms with E-state index in [2.05, 4.69) is 5.32 Å². The van der Waals surface area contributed by atoms with Crippen molar-refractivity contribution in [3.05, 3.63) is 0 Å². The molecule has 2 unspecified atom stereocenters. The van der Waals surface area contributed by atoms with Crippen LogP contribution in [0.15, 0.2) is 0 Å². The van der Waals surface area contributed by atoms with Gasteiger partial charge in [-0.25, -0.2) is 0 Å². The summed E-state index contributed by atoms with van der Waals surface area (Å²) in [5.41, 5.74) is 0. The van der Waals surface area contributed by atoms with Gasteiger partial charge in [0.05, 0.1) is 6.10 Å². The Labute approximate surface area is 109 Å². The van der Waals surface area contributed by atoms with Crippen LogP contribution in [0.2, 0.25) is 0 Å². The molecule has 1 N–H and O–H groups in total. The maximum absolute atomic E-state index is 11.9. The fraction of sp³-hybridized carbons (Fsp3) is 0.917. The quantitative estimate of drug-likeness (QED) is 0.827. The van der Waals surface area contributed by atoms with E-state index in [9.17, 15) is 4.79 Å². The van der Waals surface area contributed by atoms with Crippen LogP contribution >= 0.6 is 12.4 Å². The van der Waals surface area contributed by atoms with Gasteiger partial charge in [0.15, 0.2) is 0 Å². The van der Waals surface area contributed by atoms with Gasteiger partial charge in [0.2, 0.25) is 5.91 Å². The Hall–Kier alpha value is -0.320. The van der Waals surface area contributed by atoms with Crippen LogP contribution in [-0.4, -0.2) is 49.2 Å². The van der Waals surface area contributed by atoms with Crippen molar-refractivity contribution in [2.45, 2.75) is 38.8 Å². The van der Waals surface area contributed by atoms with E-state index < -0.39 is 0 Å². The van der Waals surface area contributed by atoms with Gasteiger partial charge in [0, 0.05) is 19.1 Å². The zero-order valence-electron chi connectivity index (χ0n) is 10.6. The van der Waals surface area contributed by atoms with Gasteiger partial charge in [-0.3, -0.25) is 4.79 Å². The lowest BCUT2D eigenvalue weighted by Gasteiger charge is -2.34. The number of piperidine rings is 1. The number of fused-ring (bicyclic) bond motifs is 1. The number of rotatable bonds is 3. The van der Waals surface area contributed by atoms with E-state index in [0.29, 0.717) is 12.0 Å². The van der Waals surface area contributed by atoms with Crippen LogP contribution in [0.25, 0.3) is 0 Å². The van der Waals surface area contributed by atoms with Gasteiger partial charge in [-0.2, -0.15) is 0 Å². The van der Waals surface area contributed by atoms with Crippen LogP contribution < -0.4 is 5.32 Å². The SMILES string of the molecule is CC(C)OCC(=O)N1CCC2NCCC2C1.Cl. The minimum absolute atomic E-state index is 0. The third kappa shape index (κ3) is 3.83. The summed E-state index contributed by atoms with van der Waals surface area (Å²) in [5.74, 6) is 0.816. The van der Waals surface area contributed by atoms with Crippen molar-refractivity contribution in [2.75, 3.05) is 26.2 Å². The molecule has 1 amide bonds. The summed E-state index contributed by atoms with van der Waals surface area (Å²) in [4.78, 5) is 13.8. The summed E-state index contributed by atoms with van der Waals surface area (Å²) < 4.78 is 5.36. The molecule has 0 spiro atoms. The summed E-state index contributed by atoms with van der Waals surface area (Å²) >= 11 is 0. The first-order valence-corrected chi connectivity index (χ1v) is 6.29. The lowest BCUT2D eigenvalue weighted by molar-refractivity contribution is -0.139. The Morgan fingerprint density at radius 3 is 2.94 bits per heavy atom. The van der Waals surface area contributed by atoms with Gasteiger partial charge in [-0.1, -0.05) is 0 Å². The molecule has 2 rings (SSSR count). The normalized spacial score (nSPS) is 27.8. The Bertz CT molecular complexity index is 261. The number of nitrogens with one attached hydrogen (secondary N) is 1. The van der Waals surface area contributed by atoms with Crippen LogP contribution in [0.5, 0.6) is 0 Å². The molecular formula is C12H23ClN2O2. The summed E-state index contributed by atoms with van der Waals surface area (Å²) in [6.07, 6.45) is 2.44. The van der Waals surface area contributed by atoms with Crippen LogP contribution in [0.1, 0.15) is 26.7 Å². The Balaban J connectivity index is 0.00000144. The maximum atomic E-state index is 11.9. The van der Waals surface area contributed by atoms with Crippen molar-refractivity contribution in [1.82, 2.24) is 10.2 Å². The second kappa shape index (κ2) is 6.57. The predicted octanol–water partition coefficient (Wildman–Crippen LogP) is 1.04. The first kappa shape index (κ1) is 14.7. The molecule has 2 atom stereocenters. The van der Waals surface area contributed by atoms with E-state index >= 15 is 0 Å². The molecule has 100 valence electrons. The lowest BCUT2D eigenvalue weighted by Crippen LogP contribution is -2.48. The second-order valence-corrected chi connectivity index (χ2v) is 5.10. The summed E-state index contributed by atoms with van der Waals surface area (Å²) in [6, 6.07) is 0.648. The van der Waals surface area contributed by atoms with E-state index in [-0.39, 0.29) is 31.0 Å². The Morgan fingerprint density at radius 1 is 1.47 bits per heavy atom. The second-order valence-electron chi connectivity index (χ2n) is 5.10. The third-order valence-corrected chi connectivity index (χ3v) is 3.55. The van der Waals surface area contributed by atoms with E-state index in [1.54, 1.807) is 0 Å². The lowest BCUT2D eigenvalue weighted by atomic mass is 9.93. The molecule has 0 aromatic rings. The molecule has 4 nitrogen and oxygen atoms in total. The van der Waals surface area contributed by atoms with Crippen LogP contribution in [0.4, 0.5) is 0 Å².